The summed E-state index contributed by atoms with van der Waals surface area (Å²) >= 11 is 6.33. The van der Waals surface area contributed by atoms with E-state index in [0.29, 0.717) is 17.6 Å². The molecule has 21 heavy (non-hydrogen) atoms. The lowest BCUT2D eigenvalue weighted by molar-refractivity contribution is 0.290. The minimum absolute atomic E-state index is 0.216. The molecule has 0 saturated carbocycles. The molecule has 1 aromatic heterocycles. The number of aromatic nitrogens is 2. The number of rotatable bonds is 2. The lowest BCUT2D eigenvalue weighted by atomic mass is 10.1. The molecule has 0 radical (unpaired) electrons. The molecule has 2 saturated heterocycles. The minimum atomic E-state index is -0.258. The van der Waals surface area contributed by atoms with E-state index in [0.717, 1.165) is 24.3 Å². The van der Waals surface area contributed by atoms with Crippen molar-refractivity contribution in [2.45, 2.75) is 43.6 Å². The average Bonchev–Trinajstić information content (AvgIpc) is 3.10. The summed E-state index contributed by atoms with van der Waals surface area (Å²) in [6.07, 6.45) is 3.58. The number of hydrogen-bond donors (Lipinski definition) is 0. The first kappa shape index (κ1) is 13.5. The fourth-order valence-corrected chi connectivity index (χ4v) is 4.24. The van der Waals surface area contributed by atoms with Crippen LogP contribution in [0.25, 0.3) is 11.0 Å². The van der Waals surface area contributed by atoms with Gasteiger partial charge in [-0.2, -0.15) is 0 Å². The molecule has 0 N–H and O–H groups in total. The first-order valence-corrected chi connectivity index (χ1v) is 8.15. The number of halogens is 2. The third-order valence-corrected chi connectivity index (χ3v) is 5.15. The van der Waals surface area contributed by atoms with Crippen molar-refractivity contribution in [1.82, 2.24) is 14.5 Å². The van der Waals surface area contributed by atoms with Crippen LogP contribution < -0.4 is 0 Å². The summed E-state index contributed by atoms with van der Waals surface area (Å²) in [6.45, 7) is 4.23. The van der Waals surface area contributed by atoms with Crippen molar-refractivity contribution < 1.29 is 4.39 Å². The van der Waals surface area contributed by atoms with Crippen molar-refractivity contribution in [1.29, 1.82) is 0 Å². The van der Waals surface area contributed by atoms with Crippen molar-refractivity contribution in [3.8, 4) is 0 Å². The summed E-state index contributed by atoms with van der Waals surface area (Å²) < 4.78 is 16.3. The maximum atomic E-state index is 14.1. The van der Waals surface area contributed by atoms with Gasteiger partial charge in [-0.15, -0.1) is 11.6 Å². The molecule has 2 aliphatic heterocycles. The summed E-state index contributed by atoms with van der Waals surface area (Å²) in [4.78, 5) is 7.06. The molecule has 1 aromatic carbocycles. The Balaban J connectivity index is 1.90. The number of fused-ring (bicyclic) bond motifs is 2. The van der Waals surface area contributed by atoms with Gasteiger partial charge in [-0.3, -0.25) is 4.90 Å². The van der Waals surface area contributed by atoms with E-state index in [1.165, 1.54) is 25.5 Å². The smallest absolute Gasteiger partial charge is 0.151 e. The zero-order valence-corrected chi connectivity index (χ0v) is 12.9. The first-order valence-electron chi connectivity index (χ1n) is 7.71. The van der Waals surface area contributed by atoms with Crippen LogP contribution in [0.15, 0.2) is 18.2 Å². The number of alkyl halides is 1. The maximum absolute atomic E-state index is 14.1. The Hall–Kier alpha value is -1.13. The van der Waals surface area contributed by atoms with Gasteiger partial charge >= 0.3 is 0 Å². The number of imidazole rings is 1. The van der Waals surface area contributed by atoms with E-state index in [2.05, 4.69) is 14.5 Å². The van der Waals surface area contributed by atoms with Crippen molar-refractivity contribution >= 4 is 22.6 Å². The Morgan fingerprint density at radius 3 is 2.95 bits per heavy atom. The van der Waals surface area contributed by atoms with Gasteiger partial charge in [-0.05, 0) is 44.9 Å². The van der Waals surface area contributed by atoms with E-state index in [1.807, 2.05) is 13.0 Å². The summed E-state index contributed by atoms with van der Waals surface area (Å²) in [5.74, 6) is 0.543. The molecular formula is C16H19ClFN3. The lowest BCUT2D eigenvalue weighted by Crippen LogP contribution is -2.28. The van der Waals surface area contributed by atoms with Crippen LogP contribution in [0, 0.1) is 5.82 Å². The lowest BCUT2D eigenvalue weighted by Gasteiger charge is -2.24. The maximum Gasteiger partial charge on any atom is 0.151 e. The van der Waals surface area contributed by atoms with Crippen LogP contribution in [-0.2, 0) is 0 Å². The molecule has 0 amide bonds. The summed E-state index contributed by atoms with van der Waals surface area (Å²) in [5.41, 5.74) is 1.34. The fraction of sp³-hybridized carbons (Fsp3) is 0.562. The minimum Gasteiger partial charge on any atom is -0.322 e. The highest BCUT2D eigenvalue weighted by molar-refractivity contribution is 6.20. The molecule has 5 heteroatoms. The molecular weight excluding hydrogens is 289 g/mol. The molecule has 3 unspecified atom stereocenters. The largest absolute Gasteiger partial charge is 0.322 e. The van der Waals surface area contributed by atoms with E-state index in [1.54, 1.807) is 6.07 Å². The van der Waals surface area contributed by atoms with Gasteiger partial charge in [0.25, 0.3) is 0 Å². The normalized spacial score (nSPS) is 27.4. The van der Waals surface area contributed by atoms with Crippen molar-refractivity contribution in [2.24, 2.45) is 0 Å². The molecule has 3 heterocycles. The van der Waals surface area contributed by atoms with E-state index >= 15 is 0 Å². The molecule has 0 aliphatic carbocycles. The van der Waals surface area contributed by atoms with Gasteiger partial charge in [0, 0.05) is 12.6 Å². The molecule has 4 rings (SSSR count). The van der Waals surface area contributed by atoms with Gasteiger partial charge in [-0.1, -0.05) is 6.07 Å². The topological polar surface area (TPSA) is 21.1 Å². The van der Waals surface area contributed by atoms with Crippen LogP contribution in [0.1, 0.15) is 43.4 Å². The molecule has 2 aromatic rings. The van der Waals surface area contributed by atoms with Crippen molar-refractivity contribution in [3.05, 3.63) is 29.8 Å². The van der Waals surface area contributed by atoms with Gasteiger partial charge in [0.2, 0.25) is 0 Å². The molecule has 3 nitrogen and oxygen atoms in total. The Labute approximate surface area is 128 Å². The Bertz CT molecular complexity index is 681. The van der Waals surface area contributed by atoms with Crippen LogP contribution >= 0.6 is 11.6 Å². The number of nitrogens with zero attached hydrogens (tertiary/aromatic N) is 3. The fourth-order valence-electron chi connectivity index (χ4n) is 4.09. The van der Waals surface area contributed by atoms with Gasteiger partial charge in [0.05, 0.1) is 16.9 Å². The number of hydrogen-bond acceptors (Lipinski definition) is 2. The predicted octanol–water partition coefficient (Wildman–Crippen LogP) is 3.88. The van der Waals surface area contributed by atoms with E-state index in [-0.39, 0.29) is 11.2 Å². The predicted molar refractivity (Wildman–Crippen MR) is 82.2 cm³/mol. The van der Waals surface area contributed by atoms with Crippen LogP contribution in [0.2, 0.25) is 0 Å². The SMILES string of the molecule is CC(Cl)c1nc2c(F)cccc2n1C1CCN2CCCC12. The number of para-hydroxylation sites is 1. The standard InChI is InChI=1S/C16H19ClFN3/c1-10(17)16-19-15-11(18)4-2-5-14(15)21(16)13-7-9-20-8-3-6-12(13)20/h2,4-5,10,12-13H,3,6-9H2,1H3. The molecule has 2 fully saturated rings. The van der Waals surface area contributed by atoms with Gasteiger partial charge < -0.3 is 4.57 Å². The van der Waals surface area contributed by atoms with E-state index in [4.69, 9.17) is 11.6 Å². The Morgan fingerprint density at radius 1 is 1.29 bits per heavy atom. The molecule has 0 bridgehead atoms. The molecule has 0 spiro atoms. The average molecular weight is 308 g/mol. The van der Waals surface area contributed by atoms with E-state index in [9.17, 15) is 4.39 Å². The third-order valence-electron chi connectivity index (χ3n) is 4.96. The van der Waals surface area contributed by atoms with Crippen molar-refractivity contribution in [2.75, 3.05) is 13.1 Å². The Kier molecular flexibility index (Phi) is 3.19. The highest BCUT2D eigenvalue weighted by atomic mass is 35.5. The quantitative estimate of drug-likeness (QED) is 0.785. The summed E-state index contributed by atoms with van der Waals surface area (Å²) in [6, 6.07) is 6.13. The van der Waals surface area contributed by atoms with Gasteiger partial charge in [-0.25, -0.2) is 9.37 Å². The van der Waals surface area contributed by atoms with Crippen LogP contribution in [0.5, 0.6) is 0 Å². The second kappa shape index (κ2) is 4.96. The highest BCUT2D eigenvalue weighted by Crippen LogP contribution is 2.40. The molecule has 112 valence electrons. The molecule has 2 aliphatic rings. The molecule has 3 atom stereocenters. The van der Waals surface area contributed by atoms with Crippen LogP contribution in [-0.4, -0.2) is 33.6 Å². The summed E-state index contributed by atoms with van der Waals surface area (Å²) in [7, 11) is 0. The van der Waals surface area contributed by atoms with Gasteiger partial charge in [0.1, 0.15) is 11.3 Å². The summed E-state index contributed by atoms with van der Waals surface area (Å²) in [5, 5.41) is -0.216. The van der Waals surface area contributed by atoms with E-state index < -0.39 is 0 Å². The third kappa shape index (κ3) is 2.00. The monoisotopic (exact) mass is 307 g/mol. The second-order valence-corrected chi connectivity index (χ2v) is 6.82. The van der Waals surface area contributed by atoms with Crippen LogP contribution in [0.3, 0.4) is 0 Å². The zero-order valence-electron chi connectivity index (χ0n) is 12.1. The van der Waals surface area contributed by atoms with Gasteiger partial charge in [0.15, 0.2) is 5.82 Å². The highest BCUT2D eigenvalue weighted by Gasteiger charge is 2.40. The zero-order chi connectivity index (χ0) is 14.6. The second-order valence-electron chi connectivity index (χ2n) is 6.17. The van der Waals surface area contributed by atoms with Crippen LogP contribution in [0.4, 0.5) is 4.39 Å². The van der Waals surface area contributed by atoms with Crippen molar-refractivity contribution in [3.63, 3.8) is 0 Å². The number of benzene rings is 1. The first-order chi connectivity index (χ1) is 10.2. The Morgan fingerprint density at radius 2 is 2.14 bits per heavy atom.